The van der Waals surface area contributed by atoms with Crippen LogP contribution in [0.25, 0.3) is 0 Å². The Hall–Kier alpha value is -2.29. The molecule has 1 aromatic rings. The lowest BCUT2D eigenvalue weighted by Gasteiger charge is -2.12. The van der Waals surface area contributed by atoms with Gasteiger partial charge in [-0.25, -0.2) is 8.42 Å². The van der Waals surface area contributed by atoms with Gasteiger partial charge in [0.15, 0.2) is 27.9 Å². The number of nitrogens with one attached hydrogen (secondary N) is 1. The molecule has 0 radical (unpaired) electrons. The lowest BCUT2D eigenvalue weighted by atomic mass is 10.2. The SMILES string of the molecule is CCOc1ccccc1OCCC(=O)OCC(=O)N[C@H]1CCS(=O)(=O)C1. The Morgan fingerprint density at radius 2 is 1.88 bits per heavy atom. The smallest absolute Gasteiger partial charge is 0.309 e. The zero-order valence-electron chi connectivity index (χ0n) is 14.6. The average molecular weight is 385 g/mol. The molecule has 0 aromatic heterocycles. The molecule has 0 aliphatic carbocycles. The normalized spacial score (nSPS) is 18.1. The van der Waals surface area contributed by atoms with Gasteiger partial charge < -0.3 is 19.5 Å². The molecule has 0 saturated carbocycles. The molecule has 1 fully saturated rings. The molecule has 1 N–H and O–H groups in total. The highest BCUT2D eigenvalue weighted by Gasteiger charge is 2.29. The van der Waals surface area contributed by atoms with Gasteiger partial charge in [0.25, 0.3) is 5.91 Å². The van der Waals surface area contributed by atoms with E-state index < -0.39 is 34.4 Å². The minimum Gasteiger partial charge on any atom is -0.490 e. The van der Waals surface area contributed by atoms with E-state index in [0.29, 0.717) is 24.5 Å². The molecule has 26 heavy (non-hydrogen) atoms. The van der Waals surface area contributed by atoms with E-state index in [9.17, 15) is 18.0 Å². The summed E-state index contributed by atoms with van der Waals surface area (Å²) >= 11 is 0. The fraction of sp³-hybridized carbons (Fsp3) is 0.529. The van der Waals surface area contributed by atoms with Crippen molar-refractivity contribution in [1.82, 2.24) is 5.32 Å². The molecule has 9 heteroatoms. The molecule has 1 atom stereocenters. The molecule has 1 amide bonds. The number of carbonyl (C=O) groups is 2. The van der Waals surface area contributed by atoms with Crippen LogP contribution in [-0.4, -0.2) is 57.7 Å². The summed E-state index contributed by atoms with van der Waals surface area (Å²) in [5.74, 6) is 0.0330. The van der Waals surface area contributed by atoms with Crippen LogP contribution in [-0.2, 0) is 24.2 Å². The quantitative estimate of drug-likeness (QED) is 0.623. The van der Waals surface area contributed by atoms with Crippen LogP contribution in [0.2, 0.25) is 0 Å². The van der Waals surface area contributed by atoms with Crippen molar-refractivity contribution in [2.24, 2.45) is 0 Å². The Kier molecular flexibility index (Phi) is 7.26. The molecule has 0 unspecified atom stereocenters. The van der Waals surface area contributed by atoms with Gasteiger partial charge in [0.1, 0.15) is 0 Å². The maximum atomic E-state index is 11.7. The second kappa shape index (κ2) is 9.42. The monoisotopic (exact) mass is 385 g/mol. The van der Waals surface area contributed by atoms with Crippen LogP contribution in [0.4, 0.5) is 0 Å². The molecular weight excluding hydrogens is 362 g/mol. The molecule has 0 bridgehead atoms. The highest BCUT2D eigenvalue weighted by Crippen LogP contribution is 2.26. The van der Waals surface area contributed by atoms with E-state index in [2.05, 4.69) is 5.32 Å². The Balaban J connectivity index is 1.65. The zero-order chi connectivity index (χ0) is 19.0. The summed E-state index contributed by atoms with van der Waals surface area (Å²) in [6, 6.07) is 6.71. The minimum absolute atomic E-state index is 0.0223. The van der Waals surface area contributed by atoms with Gasteiger partial charge in [0.05, 0.1) is 31.1 Å². The summed E-state index contributed by atoms with van der Waals surface area (Å²) in [6.45, 7) is 2.01. The topological polar surface area (TPSA) is 108 Å². The standard InChI is InChI=1S/C17H23NO7S/c1-2-23-14-5-3-4-6-15(14)24-9-7-17(20)25-11-16(19)18-13-8-10-26(21,22)12-13/h3-6,13H,2,7-12H2,1H3,(H,18,19)/t13-/m0/s1. The van der Waals surface area contributed by atoms with Gasteiger partial charge in [-0.2, -0.15) is 0 Å². The van der Waals surface area contributed by atoms with Gasteiger partial charge in [-0.05, 0) is 25.5 Å². The van der Waals surface area contributed by atoms with Gasteiger partial charge in [-0.1, -0.05) is 12.1 Å². The Labute approximate surface area is 152 Å². The summed E-state index contributed by atoms with van der Waals surface area (Å²) in [4.78, 5) is 23.4. The van der Waals surface area contributed by atoms with Crippen LogP contribution in [0.1, 0.15) is 19.8 Å². The molecule has 1 saturated heterocycles. The number of ether oxygens (including phenoxy) is 3. The van der Waals surface area contributed by atoms with E-state index in [1.54, 1.807) is 18.2 Å². The van der Waals surface area contributed by atoms with Crippen molar-refractivity contribution in [3.05, 3.63) is 24.3 Å². The maximum Gasteiger partial charge on any atom is 0.309 e. The molecule has 1 aromatic carbocycles. The van der Waals surface area contributed by atoms with Crippen LogP contribution in [0.5, 0.6) is 11.5 Å². The third kappa shape index (κ3) is 6.55. The first-order chi connectivity index (χ1) is 12.4. The van der Waals surface area contributed by atoms with Gasteiger partial charge in [-0.15, -0.1) is 0 Å². The van der Waals surface area contributed by atoms with Crippen LogP contribution in [0.15, 0.2) is 24.3 Å². The van der Waals surface area contributed by atoms with Gasteiger partial charge in [-0.3, -0.25) is 9.59 Å². The number of para-hydroxylation sites is 2. The second-order valence-corrected chi connectivity index (χ2v) is 8.04. The van der Waals surface area contributed by atoms with Crippen LogP contribution < -0.4 is 14.8 Å². The number of sulfone groups is 1. The molecule has 1 heterocycles. The maximum absolute atomic E-state index is 11.7. The lowest BCUT2D eigenvalue weighted by Crippen LogP contribution is -2.38. The molecule has 1 aliphatic rings. The van der Waals surface area contributed by atoms with E-state index in [4.69, 9.17) is 14.2 Å². The Bertz CT molecular complexity index is 732. The first-order valence-corrected chi connectivity index (χ1v) is 10.2. The van der Waals surface area contributed by atoms with E-state index in [1.165, 1.54) is 0 Å². The number of hydrogen-bond acceptors (Lipinski definition) is 7. The lowest BCUT2D eigenvalue weighted by molar-refractivity contribution is -0.149. The van der Waals surface area contributed by atoms with Crippen molar-refractivity contribution in [2.75, 3.05) is 31.3 Å². The van der Waals surface area contributed by atoms with Crippen molar-refractivity contribution in [2.45, 2.75) is 25.8 Å². The molecule has 8 nitrogen and oxygen atoms in total. The second-order valence-electron chi connectivity index (χ2n) is 5.81. The number of amides is 1. The fourth-order valence-electron chi connectivity index (χ4n) is 2.48. The van der Waals surface area contributed by atoms with Gasteiger partial charge >= 0.3 is 5.97 Å². The summed E-state index contributed by atoms with van der Waals surface area (Å²) < 4.78 is 38.4. The number of esters is 1. The Morgan fingerprint density at radius 1 is 1.19 bits per heavy atom. The first kappa shape index (κ1) is 20.0. The first-order valence-electron chi connectivity index (χ1n) is 8.39. The molecule has 1 aliphatic heterocycles. The summed E-state index contributed by atoms with van der Waals surface area (Å²) in [7, 11) is -3.07. The van der Waals surface area contributed by atoms with Crippen molar-refractivity contribution >= 4 is 21.7 Å². The largest absolute Gasteiger partial charge is 0.490 e. The molecule has 0 spiro atoms. The van der Waals surface area contributed by atoms with Crippen molar-refractivity contribution in [3.8, 4) is 11.5 Å². The van der Waals surface area contributed by atoms with Crippen molar-refractivity contribution < 1.29 is 32.2 Å². The van der Waals surface area contributed by atoms with Crippen LogP contribution in [0.3, 0.4) is 0 Å². The molecular formula is C17H23NO7S. The van der Waals surface area contributed by atoms with E-state index in [-0.39, 0.29) is 24.5 Å². The summed E-state index contributed by atoms with van der Waals surface area (Å²) in [6.07, 6.45) is 0.362. The minimum atomic E-state index is -3.07. The van der Waals surface area contributed by atoms with Gasteiger partial charge in [0, 0.05) is 6.04 Å². The Morgan fingerprint density at radius 3 is 2.50 bits per heavy atom. The van der Waals surface area contributed by atoms with Gasteiger partial charge in [0.2, 0.25) is 0 Å². The third-order valence-corrected chi connectivity index (χ3v) is 5.44. The van der Waals surface area contributed by atoms with Crippen LogP contribution in [0, 0.1) is 0 Å². The predicted octanol–water partition coefficient (Wildman–Crippen LogP) is 0.701. The third-order valence-electron chi connectivity index (χ3n) is 3.67. The van der Waals surface area contributed by atoms with E-state index >= 15 is 0 Å². The van der Waals surface area contributed by atoms with Crippen molar-refractivity contribution in [1.29, 1.82) is 0 Å². The number of benzene rings is 1. The van der Waals surface area contributed by atoms with E-state index in [1.807, 2.05) is 13.0 Å². The highest BCUT2D eigenvalue weighted by molar-refractivity contribution is 7.91. The number of hydrogen-bond donors (Lipinski definition) is 1. The average Bonchev–Trinajstić information content (AvgIpc) is 2.93. The zero-order valence-corrected chi connectivity index (χ0v) is 15.4. The van der Waals surface area contributed by atoms with Crippen LogP contribution >= 0.6 is 0 Å². The van der Waals surface area contributed by atoms with E-state index in [0.717, 1.165) is 0 Å². The summed E-state index contributed by atoms with van der Waals surface area (Å²) in [5.41, 5.74) is 0. The number of carbonyl (C=O) groups excluding carboxylic acids is 2. The fourth-order valence-corrected chi connectivity index (χ4v) is 4.16. The molecule has 144 valence electrons. The predicted molar refractivity (Wildman–Crippen MR) is 93.9 cm³/mol. The number of rotatable bonds is 9. The summed E-state index contributed by atoms with van der Waals surface area (Å²) in [5, 5.41) is 2.55. The molecule has 2 rings (SSSR count). The van der Waals surface area contributed by atoms with Crippen molar-refractivity contribution in [3.63, 3.8) is 0 Å². The highest BCUT2D eigenvalue weighted by atomic mass is 32.2.